The Morgan fingerprint density at radius 1 is 1.36 bits per heavy atom. The lowest BCUT2D eigenvalue weighted by atomic mass is 9.88. The number of rotatable bonds is 3. The van der Waals surface area contributed by atoms with E-state index in [1.54, 1.807) is 0 Å². The lowest BCUT2D eigenvalue weighted by Crippen LogP contribution is -2.48. The maximum atomic E-state index is 11.8. The molecule has 0 bridgehead atoms. The number of carbonyl (C=O) groups excluding carboxylic acids is 1. The molecule has 0 radical (unpaired) electrons. The third-order valence-electron chi connectivity index (χ3n) is 2.83. The van der Waals surface area contributed by atoms with Crippen LogP contribution in [0.1, 0.15) is 46.0 Å². The molecular formula is C11H21NO2. The van der Waals surface area contributed by atoms with E-state index in [1.807, 2.05) is 13.8 Å². The van der Waals surface area contributed by atoms with Gasteiger partial charge < -0.3 is 10.4 Å². The van der Waals surface area contributed by atoms with E-state index in [0.29, 0.717) is 0 Å². The first-order valence-corrected chi connectivity index (χ1v) is 5.48. The molecule has 3 heteroatoms. The Morgan fingerprint density at radius 3 is 2.43 bits per heavy atom. The zero-order valence-corrected chi connectivity index (χ0v) is 9.18. The van der Waals surface area contributed by atoms with E-state index in [2.05, 4.69) is 5.32 Å². The molecule has 1 saturated carbocycles. The average molecular weight is 199 g/mol. The first kappa shape index (κ1) is 11.5. The molecule has 0 aromatic carbocycles. The SMILES string of the molecule is CC(C)(CO)NC(=O)C1CCCCC1. The molecule has 0 saturated heterocycles. The normalized spacial score (nSPS) is 19.4. The molecule has 1 aliphatic carbocycles. The molecule has 1 rings (SSSR count). The smallest absolute Gasteiger partial charge is 0.223 e. The molecular weight excluding hydrogens is 178 g/mol. The van der Waals surface area contributed by atoms with Crippen LogP contribution in [0, 0.1) is 5.92 Å². The second-order valence-electron chi connectivity index (χ2n) is 4.87. The summed E-state index contributed by atoms with van der Waals surface area (Å²) in [5.41, 5.74) is -0.478. The number of carbonyl (C=O) groups is 1. The molecule has 0 unspecified atom stereocenters. The first-order chi connectivity index (χ1) is 6.55. The number of amides is 1. The standard InChI is InChI=1S/C11H21NO2/c1-11(2,8-13)12-10(14)9-6-4-3-5-7-9/h9,13H,3-8H2,1-2H3,(H,12,14). The Labute approximate surface area is 85.9 Å². The van der Waals surface area contributed by atoms with Crippen LogP contribution >= 0.6 is 0 Å². The van der Waals surface area contributed by atoms with E-state index in [-0.39, 0.29) is 18.4 Å². The highest BCUT2D eigenvalue weighted by Gasteiger charge is 2.26. The summed E-state index contributed by atoms with van der Waals surface area (Å²) in [5, 5.41) is 11.9. The summed E-state index contributed by atoms with van der Waals surface area (Å²) >= 11 is 0. The van der Waals surface area contributed by atoms with Crippen molar-refractivity contribution in [2.45, 2.75) is 51.5 Å². The molecule has 0 spiro atoms. The van der Waals surface area contributed by atoms with E-state index in [9.17, 15) is 4.79 Å². The van der Waals surface area contributed by atoms with Crippen LogP contribution < -0.4 is 5.32 Å². The monoisotopic (exact) mass is 199 g/mol. The highest BCUT2D eigenvalue weighted by Crippen LogP contribution is 2.24. The van der Waals surface area contributed by atoms with Crippen LogP contribution in [0.4, 0.5) is 0 Å². The lowest BCUT2D eigenvalue weighted by molar-refractivity contribution is -0.128. The van der Waals surface area contributed by atoms with Gasteiger partial charge in [0.2, 0.25) is 5.91 Å². The Kier molecular flexibility index (Phi) is 3.93. The maximum Gasteiger partial charge on any atom is 0.223 e. The van der Waals surface area contributed by atoms with Gasteiger partial charge in [0.1, 0.15) is 0 Å². The van der Waals surface area contributed by atoms with Crippen LogP contribution in [0.15, 0.2) is 0 Å². The van der Waals surface area contributed by atoms with Gasteiger partial charge in [0, 0.05) is 5.92 Å². The van der Waals surface area contributed by atoms with Gasteiger partial charge in [-0.15, -0.1) is 0 Å². The van der Waals surface area contributed by atoms with Crippen LogP contribution in [0.2, 0.25) is 0 Å². The summed E-state index contributed by atoms with van der Waals surface area (Å²) in [7, 11) is 0. The zero-order valence-electron chi connectivity index (χ0n) is 9.18. The summed E-state index contributed by atoms with van der Waals surface area (Å²) in [6.45, 7) is 3.67. The number of hydrogen-bond acceptors (Lipinski definition) is 2. The number of aliphatic hydroxyl groups excluding tert-OH is 1. The quantitative estimate of drug-likeness (QED) is 0.723. The zero-order chi connectivity index (χ0) is 10.6. The number of hydrogen-bond donors (Lipinski definition) is 2. The van der Waals surface area contributed by atoms with Crippen LogP contribution in [0.3, 0.4) is 0 Å². The topological polar surface area (TPSA) is 49.3 Å². The average Bonchev–Trinajstić information content (AvgIpc) is 2.19. The van der Waals surface area contributed by atoms with Crippen molar-refractivity contribution in [2.75, 3.05) is 6.61 Å². The molecule has 14 heavy (non-hydrogen) atoms. The van der Waals surface area contributed by atoms with Crippen LogP contribution in [0.5, 0.6) is 0 Å². The predicted molar refractivity (Wildman–Crippen MR) is 55.9 cm³/mol. The van der Waals surface area contributed by atoms with E-state index in [4.69, 9.17) is 5.11 Å². The largest absolute Gasteiger partial charge is 0.394 e. The Morgan fingerprint density at radius 2 is 1.93 bits per heavy atom. The van der Waals surface area contributed by atoms with Gasteiger partial charge in [-0.1, -0.05) is 19.3 Å². The van der Waals surface area contributed by atoms with Crippen molar-refractivity contribution in [3.05, 3.63) is 0 Å². The summed E-state index contributed by atoms with van der Waals surface area (Å²) < 4.78 is 0. The minimum Gasteiger partial charge on any atom is -0.394 e. The molecule has 82 valence electrons. The van der Waals surface area contributed by atoms with E-state index < -0.39 is 5.54 Å². The lowest BCUT2D eigenvalue weighted by Gasteiger charge is -2.28. The molecule has 0 atom stereocenters. The van der Waals surface area contributed by atoms with Gasteiger partial charge >= 0.3 is 0 Å². The first-order valence-electron chi connectivity index (χ1n) is 5.48. The third-order valence-corrected chi connectivity index (χ3v) is 2.83. The maximum absolute atomic E-state index is 11.8. The summed E-state index contributed by atoms with van der Waals surface area (Å²) in [6.07, 6.45) is 5.60. The van der Waals surface area contributed by atoms with Gasteiger partial charge in [-0.25, -0.2) is 0 Å². The summed E-state index contributed by atoms with van der Waals surface area (Å²) in [4.78, 5) is 11.8. The van der Waals surface area contributed by atoms with Gasteiger partial charge in [0.15, 0.2) is 0 Å². The van der Waals surface area contributed by atoms with Gasteiger partial charge in [-0.2, -0.15) is 0 Å². The minimum atomic E-state index is -0.478. The van der Waals surface area contributed by atoms with Crippen molar-refractivity contribution in [1.82, 2.24) is 5.32 Å². The summed E-state index contributed by atoms with van der Waals surface area (Å²) in [6, 6.07) is 0. The van der Waals surface area contributed by atoms with Gasteiger partial charge in [0.05, 0.1) is 12.1 Å². The molecule has 0 aromatic heterocycles. The molecule has 1 amide bonds. The highest BCUT2D eigenvalue weighted by atomic mass is 16.3. The molecule has 3 nitrogen and oxygen atoms in total. The molecule has 1 aliphatic rings. The fourth-order valence-corrected chi connectivity index (χ4v) is 1.84. The molecule has 0 aliphatic heterocycles. The predicted octanol–water partition coefficient (Wildman–Crippen LogP) is 1.45. The third kappa shape index (κ3) is 3.29. The van der Waals surface area contributed by atoms with E-state index in [0.717, 1.165) is 25.7 Å². The molecule has 0 aromatic rings. The van der Waals surface area contributed by atoms with E-state index in [1.165, 1.54) is 6.42 Å². The molecule has 1 fully saturated rings. The number of nitrogens with one attached hydrogen (secondary N) is 1. The summed E-state index contributed by atoms with van der Waals surface area (Å²) in [5.74, 6) is 0.290. The van der Waals surface area contributed by atoms with Crippen LogP contribution in [-0.4, -0.2) is 23.2 Å². The minimum absolute atomic E-state index is 0.00847. The molecule has 2 N–H and O–H groups in total. The van der Waals surface area contributed by atoms with Gasteiger partial charge in [-0.3, -0.25) is 4.79 Å². The van der Waals surface area contributed by atoms with Crippen molar-refractivity contribution in [2.24, 2.45) is 5.92 Å². The second-order valence-corrected chi connectivity index (χ2v) is 4.87. The van der Waals surface area contributed by atoms with Crippen molar-refractivity contribution in [3.8, 4) is 0 Å². The Hall–Kier alpha value is -0.570. The van der Waals surface area contributed by atoms with Crippen LogP contribution in [-0.2, 0) is 4.79 Å². The van der Waals surface area contributed by atoms with Crippen molar-refractivity contribution < 1.29 is 9.90 Å². The van der Waals surface area contributed by atoms with Gasteiger partial charge in [-0.05, 0) is 26.7 Å². The fraction of sp³-hybridized carbons (Fsp3) is 0.909. The van der Waals surface area contributed by atoms with Crippen molar-refractivity contribution in [1.29, 1.82) is 0 Å². The highest BCUT2D eigenvalue weighted by molar-refractivity contribution is 5.79. The molecule has 0 heterocycles. The van der Waals surface area contributed by atoms with Crippen LogP contribution in [0.25, 0.3) is 0 Å². The van der Waals surface area contributed by atoms with E-state index >= 15 is 0 Å². The van der Waals surface area contributed by atoms with Crippen molar-refractivity contribution >= 4 is 5.91 Å². The number of aliphatic hydroxyl groups is 1. The Balaban J connectivity index is 2.40. The second kappa shape index (κ2) is 4.78. The van der Waals surface area contributed by atoms with Crippen molar-refractivity contribution in [3.63, 3.8) is 0 Å². The Bertz CT molecular complexity index is 195. The van der Waals surface area contributed by atoms with Gasteiger partial charge in [0.25, 0.3) is 0 Å². The fourth-order valence-electron chi connectivity index (χ4n) is 1.84.